The molecule has 0 bridgehead atoms. The average Bonchev–Trinajstić information content (AvgIpc) is 2.98. The zero-order valence-electron chi connectivity index (χ0n) is 13.3. The van der Waals surface area contributed by atoms with E-state index in [-0.39, 0.29) is 29.4 Å². The van der Waals surface area contributed by atoms with Crippen LogP contribution in [0.1, 0.15) is 0 Å². The maximum Gasteiger partial charge on any atom is 0.274 e. The highest BCUT2D eigenvalue weighted by Crippen LogP contribution is 2.43. The van der Waals surface area contributed by atoms with Crippen molar-refractivity contribution >= 4 is 38.4 Å². The van der Waals surface area contributed by atoms with Crippen LogP contribution in [0.4, 0.5) is 5.69 Å². The van der Waals surface area contributed by atoms with Crippen LogP contribution in [0.5, 0.6) is 5.75 Å². The van der Waals surface area contributed by atoms with E-state index in [0.717, 1.165) is 0 Å². The number of para-hydroxylation sites is 2. The molecule has 1 aromatic rings. The molecule has 0 aromatic heterocycles. The topological polar surface area (TPSA) is 85.3 Å². The summed E-state index contributed by atoms with van der Waals surface area (Å²) in [6.07, 6.45) is 0. The molecule has 2 aliphatic rings. The molecule has 9 heteroatoms. The van der Waals surface area contributed by atoms with E-state index in [2.05, 4.69) is 4.99 Å². The van der Waals surface area contributed by atoms with Crippen molar-refractivity contribution in [1.82, 2.24) is 0 Å². The number of methoxy groups -OCH3 is 2. The lowest BCUT2D eigenvalue weighted by molar-refractivity contribution is -0.121. The number of anilines is 1. The van der Waals surface area contributed by atoms with Gasteiger partial charge in [-0.25, -0.2) is 8.42 Å². The zero-order valence-corrected chi connectivity index (χ0v) is 15.0. The number of ether oxygens (including phenoxy) is 2. The summed E-state index contributed by atoms with van der Waals surface area (Å²) in [5.74, 6) is 0.337. The SMILES string of the molecule is COCC(=O)N=C1S[C@@H]2CS(=O)(=O)C[C@H]2N1c1ccccc1OC. The standard InChI is InChI=1S/C15H18N2O5S2/c1-21-7-14(18)16-15-17(10-5-3-4-6-12(10)22-2)11-8-24(19,20)9-13(11)23-15/h3-6,11,13H,7-9H2,1-2H3/t11-,13-/m1/s1. The van der Waals surface area contributed by atoms with Gasteiger partial charge in [0, 0.05) is 12.4 Å². The van der Waals surface area contributed by atoms with Crippen molar-refractivity contribution in [3.05, 3.63) is 24.3 Å². The van der Waals surface area contributed by atoms with Gasteiger partial charge < -0.3 is 14.4 Å². The summed E-state index contributed by atoms with van der Waals surface area (Å²) in [6.45, 7) is -0.114. The number of amides is 1. The van der Waals surface area contributed by atoms with Gasteiger partial charge >= 0.3 is 0 Å². The summed E-state index contributed by atoms with van der Waals surface area (Å²) in [6, 6.07) is 7.05. The second-order valence-electron chi connectivity index (χ2n) is 5.56. The smallest absolute Gasteiger partial charge is 0.274 e. The van der Waals surface area contributed by atoms with Gasteiger partial charge in [0.25, 0.3) is 5.91 Å². The Bertz CT molecular complexity index is 778. The Kier molecular flexibility index (Phi) is 4.84. The highest BCUT2D eigenvalue weighted by Gasteiger charge is 2.49. The Morgan fingerprint density at radius 2 is 2.08 bits per heavy atom. The molecule has 0 unspecified atom stereocenters. The minimum Gasteiger partial charge on any atom is -0.495 e. The summed E-state index contributed by atoms with van der Waals surface area (Å²) in [5, 5.41) is 0.348. The first-order valence-electron chi connectivity index (χ1n) is 7.35. The van der Waals surface area contributed by atoms with Gasteiger partial charge in [0.2, 0.25) is 0 Å². The predicted octanol–water partition coefficient (Wildman–Crippen LogP) is 0.943. The van der Waals surface area contributed by atoms with Crippen LogP contribution in [0.15, 0.2) is 29.3 Å². The largest absolute Gasteiger partial charge is 0.495 e. The Balaban J connectivity index is 2.03. The highest BCUT2D eigenvalue weighted by atomic mass is 32.2. The van der Waals surface area contributed by atoms with Gasteiger partial charge in [-0.1, -0.05) is 23.9 Å². The molecule has 7 nitrogen and oxygen atoms in total. The number of hydrogen-bond donors (Lipinski definition) is 0. The molecule has 24 heavy (non-hydrogen) atoms. The number of thioether (sulfide) groups is 1. The summed E-state index contributed by atoms with van der Waals surface area (Å²) in [7, 11) is -0.113. The van der Waals surface area contributed by atoms with E-state index in [1.807, 2.05) is 23.1 Å². The molecule has 0 spiro atoms. The maximum atomic E-state index is 12.0. The van der Waals surface area contributed by atoms with Gasteiger partial charge in [0.05, 0.1) is 30.3 Å². The van der Waals surface area contributed by atoms with Crippen LogP contribution >= 0.6 is 11.8 Å². The maximum absolute atomic E-state index is 12.0. The number of carbonyl (C=O) groups is 1. The van der Waals surface area contributed by atoms with Gasteiger partial charge in [0.1, 0.15) is 12.4 Å². The van der Waals surface area contributed by atoms with Crippen LogP contribution < -0.4 is 9.64 Å². The fourth-order valence-corrected chi connectivity index (χ4v) is 6.86. The molecule has 0 N–H and O–H groups in total. The van der Waals surface area contributed by atoms with Crippen molar-refractivity contribution < 1.29 is 22.7 Å². The minimum absolute atomic E-state index is 0.0419. The van der Waals surface area contributed by atoms with Crippen LogP contribution in [0.25, 0.3) is 0 Å². The van der Waals surface area contributed by atoms with Crippen molar-refractivity contribution in [1.29, 1.82) is 0 Å². The third-order valence-corrected chi connectivity index (χ3v) is 7.11. The highest BCUT2D eigenvalue weighted by molar-refractivity contribution is 8.16. The van der Waals surface area contributed by atoms with Crippen LogP contribution in [0.2, 0.25) is 0 Å². The number of rotatable bonds is 4. The van der Waals surface area contributed by atoms with Crippen molar-refractivity contribution in [2.45, 2.75) is 11.3 Å². The lowest BCUT2D eigenvalue weighted by atomic mass is 10.2. The van der Waals surface area contributed by atoms with E-state index < -0.39 is 15.7 Å². The van der Waals surface area contributed by atoms with Crippen molar-refractivity contribution in [2.24, 2.45) is 4.99 Å². The number of carbonyl (C=O) groups excluding carboxylic acids is 1. The molecule has 130 valence electrons. The first kappa shape index (κ1) is 17.2. The molecular weight excluding hydrogens is 352 g/mol. The quantitative estimate of drug-likeness (QED) is 0.780. The lowest BCUT2D eigenvalue weighted by Crippen LogP contribution is -2.38. The first-order chi connectivity index (χ1) is 11.4. The molecule has 2 fully saturated rings. The molecule has 0 aliphatic carbocycles. The van der Waals surface area contributed by atoms with Crippen LogP contribution in [0.3, 0.4) is 0 Å². The van der Waals surface area contributed by atoms with E-state index in [9.17, 15) is 13.2 Å². The van der Waals surface area contributed by atoms with E-state index >= 15 is 0 Å². The van der Waals surface area contributed by atoms with E-state index in [1.54, 1.807) is 13.2 Å². The number of aliphatic imine (C=N–C) groups is 1. The fraction of sp³-hybridized carbons (Fsp3) is 0.467. The van der Waals surface area contributed by atoms with Crippen molar-refractivity contribution in [2.75, 3.05) is 37.2 Å². The van der Waals surface area contributed by atoms with Gasteiger partial charge in [-0.2, -0.15) is 4.99 Å². The van der Waals surface area contributed by atoms with Gasteiger partial charge in [0.15, 0.2) is 15.0 Å². The fourth-order valence-electron chi connectivity index (χ4n) is 2.94. The molecule has 1 aromatic carbocycles. The van der Waals surface area contributed by atoms with Gasteiger partial charge in [-0.15, -0.1) is 0 Å². The summed E-state index contributed by atoms with van der Waals surface area (Å²) < 4.78 is 34.2. The Morgan fingerprint density at radius 3 is 2.79 bits per heavy atom. The normalized spacial score (nSPS) is 26.6. The molecule has 0 radical (unpaired) electrons. The Labute approximate surface area is 144 Å². The summed E-state index contributed by atoms with van der Waals surface area (Å²) >= 11 is 1.32. The zero-order chi connectivity index (χ0) is 17.3. The summed E-state index contributed by atoms with van der Waals surface area (Å²) in [5.41, 5.74) is 0.709. The monoisotopic (exact) mass is 370 g/mol. The first-order valence-corrected chi connectivity index (χ1v) is 10.0. The molecule has 0 saturated carbocycles. The predicted molar refractivity (Wildman–Crippen MR) is 93.6 cm³/mol. The van der Waals surface area contributed by atoms with Crippen molar-refractivity contribution in [3.8, 4) is 5.75 Å². The van der Waals surface area contributed by atoms with Gasteiger partial charge in [-0.3, -0.25) is 4.79 Å². The minimum atomic E-state index is -3.10. The Morgan fingerprint density at radius 1 is 1.33 bits per heavy atom. The van der Waals surface area contributed by atoms with Crippen LogP contribution in [-0.4, -0.2) is 63.1 Å². The number of nitrogens with zero attached hydrogens (tertiary/aromatic N) is 2. The third-order valence-electron chi connectivity index (χ3n) is 3.90. The van der Waals surface area contributed by atoms with Gasteiger partial charge in [-0.05, 0) is 12.1 Å². The molecule has 2 atom stereocenters. The summed E-state index contributed by atoms with van der Waals surface area (Å²) in [4.78, 5) is 17.8. The number of fused-ring (bicyclic) bond motifs is 1. The second kappa shape index (κ2) is 6.73. The Hall–Kier alpha value is -1.58. The van der Waals surface area contributed by atoms with E-state index in [1.165, 1.54) is 18.9 Å². The number of amidine groups is 1. The molecular formula is C15H18N2O5S2. The third kappa shape index (κ3) is 3.28. The molecule has 1 amide bonds. The second-order valence-corrected chi connectivity index (χ2v) is 8.92. The van der Waals surface area contributed by atoms with Crippen LogP contribution in [0, 0.1) is 0 Å². The van der Waals surface area contributed by atoms with E-state index in [4.69, 9.17) is 9.47 Å². The lowest BCUT2D eigenvalue weighted by Gasteiger charge is -2.26. The molecule has 2 aliphatic heterocycles. The molecule has 2 saturated heterocycles. The number of benzene rings is 1. The number of hydrogen-bond acceptors (Lipinski definition) is 6. The van der Waals surface area contributed by atoms with Crippen molar-refractivity contribution in [3.63, 3.8) is 0 Å². The van der Waals surface area contributed by atoms with E-state index in [0.29, 0.717) is 16.6 Å². The average molecular weight is 370 g/mol. The number of sulfone groups is 1. The molecule has 3 rings (SSSR count). The molecule has 2 heterocycles. The van der Waals surface area contributed by atoms with Crippen LogP contribution in [-0.2, 0) is 19.4 Å².